The van der Waals surface area contributed by atoms with Gasteiger partial charge in [-0.15, -0.1) is 0 Å². The fourth-order valence-electron chi connectivity index (χ4n) is 5.89. The molecule has 0 bridgehead atoms. The Bertz CT molecular complexity index is 1600. The summed E-state index contributed by atoms with van der Waals surface area (Å²) in [6.07, 6.45) is 3.54. The molecule has 9 heteroatoms. The number of hydrogen-bond donors (Lipinski definition) is 3. The van der Waals surface area contributed by atoms with Gasteiger partial charge in [0.2, 0.25) is 17.7 Å². The van der Waals surface area contributed by atoms with Crippen molar-refractivity contribution >= 4 is 34.3 Å². The molecule has 0 radical (unpaired) electrons. The average Bonchev–Trinajstić information content (AvgIpc) is 3.86. The van der Waals surface area contributed by atoms with Crippen molar-refractivity contribution in [3.8, 4) is 5.75 Å². The number of benzene rings is 3. The van der Waals surface area contributed by atoms with Crippen LogP contribution >= 0.6 is 0 Å². The molecular weight excluding hydrogens is 532 g/mol. The van der Waals surface area contributed by atoms with E-state index in [1.165, 1.54) is 0 Å². The monoisotopic (exact) mass is 564 g/mol. The summed E-state index contributed by atoms with van der Waals surface area (Å²) in [6, 6.07) is 26.6. The highest BCUT2D eigenvalue weighted by Gasteiger charge is 2.54. The quantitative estimate of drug-likeness (QED) is 0.215. The molecule has 1 aliphatic heterocycles. The molecule has 6 rings (SSSR count). The number of anilines is 1. The van der Waals surface area contributed by atoms with Gasteiger partial charge in [-0.3, -0.25) is 24.6 Å². The first kappa shape index (κ1) is 27.4. The minimum Gasteiger partial charge on any atom is -0.488 e. The molecule has 2 heterocycles. The van der Waals surface area contributed by atoms with Gasteiger partial charge in [0.25, 0.3) is 0 Å². The van der Waals surface area contributed by atoms with Crippen LogP contribution in [-0.2, 0) is 26.4 Å². The van der Waals surface area contributed by atoms with Gasteiger partial charge < -0.3 is 15.0 Å². The maximum Gasteiger partial charge on any atom is 0.249 e. The van der Waals surface area contributed by atoms with E-state index in [2.05, 4.69) is 10.3 Å². The summed E-state index contributed by atoms with van der Waals surface area (Å²) in [6.45, 7) is 0.774. The lowest BCUT2D eigenvalue weighted by molar-refractivity contribution is -0.147. The molecule has 1 saturated carbocycles. The average molecular weight is 565 g/mol. The first-order valence-electron chi connectivity index (χ1n) is 14.1. The summed E-state index contributed by atoms with van der Waals surface area (Å²) in [5.41, 5.74) is 4.48. The van der Waals surface area contributed by atoms with Gasteiger partial charge in [-0.25, -0.2) is 5.48 Å². The zero-order chi connectivity index (χ0) is 29.1. The van der Waals surface area contributed by atoms with Gasteiger partial charge in [-0.2, -0.15) is 0 Å². The molecule has 3 N–H and O–H groups in total. The molecular formula is C33H32N4O5. The highest BCUT2D eigenvalue weighted by Crippen LogP contribution is 2.50. The SMILES string of the molecule is O=C(NO)C1CN(C(=O)C2(c3ccccc3)CC2)CCC1C(=O)Nc1ccc(COc2ccnc3ccccc23)cc1. The van der Waals surface area contributed by atoms with E-state index in [4.69, 9.17) is 4.74 Å². The second-order valence-corrected chi connectivity index (χ2v) is 11.0. The Kier molecular flexibility index (Phi) is 7.58. The molecule has 42 heavy (non-hydrogen) atoms. The third kappa shape index (κ3) is 5.43. The van der Waals surface area contributed by atoms with Crippen molar-refractivity contribution in [2.45, 2.75) is 31.3 Å². The second-order valence-electron chi connectivity index (χ2n) is 11.0. The Morgan fingerprint density at radius 2 is 1.64 bits per heavy atom. The van der Waals surface area contributed by atoms with Crippen LogP contribution in [-0.4, -0.2) is 45.9 Å². The number of rotatable bonds is 8. The van der Waals surface area contributed by atoms with Gasteiger partial charge in [0.1, 0.15) is 12.4 Å². The van der Waals surface area contributed by atoms with Crippen LogP contribution in [0.4, 0.5) is 5.69 Å². The zero-order valence-electron chi connectivity index (χ0n) is 23.0. The minimum atomic E-state index is -0.873. The Labute approximate surface area is 243 Å². The third-order valence-corrected chi connectivity index (χ3v) is 8.39. The molecule has 1 aliphatic carbocycles. The van der Waals surface area contributed by atoms with E-state index in [-0.39, 0.29) is 18.4 Å². The molecule has 3 amide bonds. The van der Waals surface area contributed by atoms with Crippen LogP contribution in [0.25, 0.3) is 10.9 Å². The topological polar surface area (TPSA) is 121 Å². The maximum absolute atomic E-state index is 13.6. The van der Waals surface area contributed by atoms with Gasteiger partial charge in [-0.1, -0.05) is 54.6 Å². The number of pyridine rings is 1. The van der Waals surface area contributed by atoms with Crippen LogP contribution in [0.1, 0.15) is 30.4 Å². The van der Waals surface area contributed by atoms with E-state index >= 15 is 0 Å². The van der Waals surface area contributed by atoms with Crippen molar-refractivity contribution in [1.29, 1.82) is 0 Å². The standard InChI is InChI=1S/C33H32N4O5/c38-30(35-24-12-10-22(11-13-24)21-42-29-14-18-34-28-9-5-4-8-26(28)29)25-15-19-37(20-27(25)31(39)36-41)32(40)33(16-17-33)23-6-2-1-3-7-23/h1-14,18,25,27,41H,15-17,19-21H2,(H,35,38)(H,36,39). The van der Waals surface area contributed by atoms with Crippen LogP contribution in [0.3, 0.4) is 0 Å². The van der Waals surface area contributed by atoms with Gasteiger partial charge >= 0.3 is 0 Å². The smallest absolute Gasteiger partial charge is 0.249 e. The molecule has 1 aromatic heterocycles. The van der Waals surface area contributed by atoms with Crippen LogP contribution < -0.4 is 15.5 Å². The van der Waals surface area contributed by atoms with E-state index in [1.54, 1.807) is 28.7 Å². The molecule has 2 fully saturated rings. The number of piperidine rings is 1. The number of ether oxygens (including phenoxy) is 1. The van der Waals surface area contributed by atoms with Gasteiger partial charge in [0, 0.05) is 30.4 Å². The lowest BCUT2D eigenvalue weighted by Crippen LogP contribution is -2.53. The highest BCUT2D eigenvalue weighted by molar-refractivity contribution is 5.97. The molecule has 3 aromatic carbocycles. The van der Waals surface area contributed by atoms with Crippen molar-refractivity contribution in [3.05, 3.63) is 102 Å². The number of para-hydroxylation sites is 1. The summed E-state index contributed by atoms with van der Waals surface area (Å²) in [4.78, 5) is 45.6. The second kappa shape index (κ2) is 11.6. The van der Waals surface area contributed by atoms with Crippen LogP contribution in [0.2, 0.25) is 0 Å². The first-order chi connectivity index (χ1) is 20.5. The van der Waals surface area contributed by atoms with E-state index in [1.807, 2.05) is 72.8 Å². The number of nitrogens with zero attached hydrogens (tertiary/aromatic N) is 2. The molecule has 4 aromatic rings. The Hall–Kier alpha value is -4.76. The summed E-state index contributed by atoms with van der Waals surface area (Å²) in [7, 11) is 0. The molecule has 9 nitrogen and oxygen atoms in total. The Morgan fingerprint density at radius 1 is 0.905 bits per heavy atom. The number of amides is 3. The van der Waals surface area contributed by atoms with Crippen LogP contribution in [0.5, 0.6) is 5.75 Å². The summed E-state index contributed by atoms with van der Waals surface area (Å²) >= 11 is 0. The van der Waals surface area contributed by atoms with Crippen molar-refractivity contribution < 1.29 is 24.3 Å². The number of likely N-dealkylation sites (tertiary alicyclic amines) is 1. The van der Waals surface area contributed by atoms with Crippen molar-refractivity contribution in [2.75, 3.05) is 18.4 Å². The van der Waals surface area contributed by atoms with Gasteiger partial charge in [0.05, 0.1) is 22.8 Å². The molecule has 0 spiro atoms. The number of nitrogens with one attached hydrogen (secondary N) is 2. The van der Waals surface area contributed by atoms with Crippen molar-refractivity contribution in [1.82, 2.24) is 15.4 Å². The summed E-state index contributed by atoms with van der Waals surface area (Å²) in [5.74, 6) is -1.85. The fourth-order valence-corrected chi connectivity index (χ4v) is 5.89. The van der Waals surface area contributed by atoms with Crippen LogP contribution in [0, 0.1) is 11.8 Å². The van der Waals surface area contributed by atoms with E-state index < -0.39 is 23.2 Å². The summed E-state index contributed by atoms with van der Waals surface area (Å²) in [5, 5.41) is 13.3. The van der Waals surface area contributed by atoms with Gasteiger partial charge in [0.15, 0.2) is 0 Å². The number of hydroxylamine groups is 1. The van der Waals surface area contributed by atoms with E-state index in [0.717, 1.165) is 40.6 Å². The predicted octanol–water partition coefficient (Wildman–Crippen LogP) is 4.45. The number of fused-ring (bicyclic) bond motifs is 1. The van der Waals surface area contributed by atoms with Gasteiger partial charge in [-0.05, 0) is 60.7 Å². The van der Waals surface area contributed by atoms with Crippen molar-refractivity contribution in [2.24, 2.45) is 11.8 Å². The molecule has 2 unspecified atom stereocenters. The highest BCUT2D eigenvalue weighted by atomic mass is 16.5. The summed E-state index contributed by atoms with van der Waals surface area (Å²) < 4.78 is 6.03. The molecule has 1 saturated heterocycles. The first-order valence-corrected chi connectivity index (χ1v) is 14.1. The number of aromatic nitrogens is 1. The predicted molar refractivity (Wildman–Crippen MR) is 157 cm³/mol. The lowest BCUT2D eigenvalue weighted by Gasteiger charge is -2.38. The number of carbonyl (C=O) groups excluding carboxylic acids is 3. The minimum absolute atomic E-state index is 0.0270. The maximum atomic E-state index is 13.6. The Morgan fingerprint density at radius 3 is 2.38 bits per heavy atom. The largest absolute Gasteiger partial charge is 0.488 e. The van der Waals surface area contributed by atoms with E-state index in [9.17, 15) is 19.6 Å². The van der Waals surface area contributed by atoms with Crippen molar-refractivity contribution in [3.63, 3.8) is 0 Å². The molecule has 2 aliphatic rings. The normalized spacial score (nSPS) is 19.1. The Balaban J connectivity index is 1.09. The molecule has 2 atom stereocenters. The lowest BCUT2D eigenvalue weighted by atomic mass is 9.83. The number of carbonyl (C=O) groups is 3. The molecule has 214 valence electrons. The third-order valence-electron chi connectivity index (χ3n) is 8.39. The zero-order valence-corrected chi connectivity index (χ0v) is 23.0. The van der Waals surface area contributed by atoms with Crippen LogP contribution in [0.15, 0.2) is 91.1 Å². The fraction of sp³-hybridized carbons (Fsp3) is 0.273. The number of hydrogen-bond acceptors (Lipinski definition) is 6. The van der Waals surface area contributed by atoms with E-state index in [0.29, 0.717) is 25.3 Å².